The minimum atomic E-state index is -0.338. The van der Waals surface area contributed by atoms with E-state index in [0.717, 1.165) is 22.4 Å². The lowest BCUT2D eigenvalue weighted by molar-refractivity contribution is 0.0913. The zero-order chi connectivity index (χ0) is 16.1. The number of hydrogen-bond donors (Lipinski definition) is 0. The molecule has 0 saturated carbocycles. The normalized spacial score (nSPS) is 13.7. The molecule has 3 rings (SSSR count). The third-order valence-corrected chi connectivity index (χ3v) is 4.09. The molecule has 0 saturated heterocycles. The topological polar surface area (TPSA) is 38.8 Å². The van der Waals surface area contributed by atoms with Crippen LogP contribution in [0.5, 0.6) is 5.75 Å². The average molecular weight is 332 g/mol. The van der Waals surface area contributed by atoms with Crippen LogP contribution in [0.15, 0.2) is 48.5 Å². The number of ether oxygens (including phenoxy) is 2. The molecule has 1 amide bonds. The van der Waals surface area contributed by atoms with Crippen LogP contribution in [0.2, 0.25) is 0 Å². The Morgan fingerprint density at radius 1 is 1.17 bits per heavy atom. The first kappa shape index (κ1) is 15.7. The van der Waals surface area contributed by atoms with Crippen LogP contribution in [0.3, 0.4) is 0 Å². The quantitative estimate of drug-likeness (QED) is 0.799. The van der Waals surface area contributed by atoms with Crippen molar-refractivity contribution in [1.29, 1.82) is 0 Å². The summed E-state index contributed by atoms with van der Waals surface area (Å²) < 4.78 is 11.1. The molecule has 1 heterocycles. The molecule has 5 heteroatoms. The summed E-state index contributed by atoms with van der Waals surface area (Å²) >= 11 is 6.00. The Balaban J connectivity index is 1.69. The molecule has 0 unspecified atom stereocenters. The van der Waals surface area contributed by atoms with E-state index >= 15 is 0 Å². The van der Waals surface area contributed by atoms with Crippen LogP contribution in [0.1, 0.15) is 16.7 Å². The second-order valence-corrected chi connectivity index (χ2v) is 5.60. The lowest BCUT2D eigenvalue weighted by atomic mass is 10.1. The van der Waals surface area contributed by atoms with Gasteiger partial charge >= 0.3 is 6.09 Å². The Bertz CT molecular complexity index is 675. The van der Waals surface area contributed by atoms with Crippen LogP contribution >= 0.6 is 11.6 Å². The Hall–Kier alpha value is -2.20. The van der Waals surface area contributed by atoms with Gasteiger partial charge in [-0.05, 0) is 17.2 Å². The molecule has 2 aromatic carbocycles. The van der Waals surface area contributed by atoms with E-state index < -0.39 is 0 Å². The Morgan fingerprint density at radius 2 is 2.00 bits per heavy atom. The first-order chi connectivity index (χ1) is 11.3. The summed E-state index contributed by atoms with van der Waals surface area (Å²) in [7, 11) is 0. The molecular weight excluding hydrogens is 314 g/mol. The smallest absolute Gasteiger partial charge is 0.410 e. The third kappa shape index (κ3) is 3.77. The number of carbonyl (C=O) groups excluding carboxylic acids is 1. The molecule has 0 radical (unpaired) electrons. The molecule has 0 aromatic heterocycles. The van der Waals surface area contributed by atoms with Gasteiger partial charge in [-0.25, -0.2) is 4.79 Å². The van der Waals surface area contributed by atoms with Crippen molar-refractivity contribution in [3.63, 3.8) is 0 Å². The van der Waals surface area contributed by atoms with Crippen LogP contribution in [-0.2, 0) is 23.8 Å². The zero-order valence-corrected chi connectivity index (χ0v) is 13.5. The summed E-state index contributed by atoms with van der Waals surface area (Å²) in [6.45, 7) is 1.65. The lowest BCUT2D eigenvalue weighted by Gasteiger charge is -2.20. The van der Waals surface area contributed by atoms with Gasteiger partial charge in [-0.1, -0.05) is 42.5 Å². The van der Waals surface area contributed by atoms with Crippen molar-refractivity contribution < 1.29 is 14.3 Å². The highest BCUT2D eigenvalue weighted by molar-refractivity contribution is 6.17. The Kier molecular flexibility index (Phi) is 5.03. The first-order valence-corrected chi connectivity index (χ1v) is 8.06. The summed E-state index contributed by atoms with van der Waals surface area (Å²) in [4.78, 5) is 14.0. The van der Waals surface area contributed by atoms with E-state index in [1.165, 1.54) is 0 Å². The van der Waals surface area contributed by atoms with Gasteiger partial charge in [-0.15, -0.1) is 11.6 Å². The summed E-state index contributed by atoms with van der Waals surface area (Å²) in [5.41, 5.74) is 2.90. The molecule has 120 valence electrons. The molecule has 0 bridgehead atoms. The van der Waals surface area contributed by atoms with E-state index in [1.54, 1.807) is 4.90 Å². The van der Waals surface area contributed by atoms with E-state index in [-0.39, 0.29) is 12.7 Å². The highest BCUT2D eigenvalue weighted by atomic mass is 35.5. The summed E-state index contributed by atoms with van der Waals surface area (Å²) in [6, 6.07) is 15.4. The second kappa shape index (κ2) is 7.38. The van der Waals surface area contributed by atoms with Gasteiger partial charge in [0.2, 0.25) is 0 Å². The maximum Gasteiger partial charge on any atom is 0.410 e. The highest BCUT2D eigenvalue weighted by Gasteiger charge is 2.22. The van der Waals surface area contributed by atoms with Crippen molar-refractivity contribution in [2.75, 3.05) is 13.2 Å². The number of benzene rings is 2. The predicted octanol–water partition coefficient (Wildman–Crippen LogP) is 3.96. The van der Waals surface area contributed by atoms with Crippen LogP contribution in [0, 0.1) is 0 Å². The molecule has 0 aliphatic carbocycles. The SMILES string of the molecule is O=C(OCc1ccccc1)N1CCOc2cccc(CCl)c2C1. The van der Waals surface area contributed by atoms with Gasteiger partial charge in [0, 0.05) is 11.4 Å². The van der Waals surface area contributed by atoms with E-state index in [2.05, 4.69) is 0 Å². The molecule has 1 aliphatic heterocycles. The number of carbonyl (C=O) groups is 1. The van der Waals surface area contributed by atoms with Crippen molar-refractivity contribution >= 4 is 17.7 Å². The Morgan fingerprint density at radius 3 is 2.78 bits per heavy atom. The minimum Gasteiger partial charge on any atom is -0.491 e. The van der Waals surface area contributed by atoms with Crippen molar-refractivity contribution in [1.82, 2.24) is 4.90 Å². The number of amides is 1. The van der Waals surface area contributed by atoms with Crippen LogP contribution in [0.4, 0.5) is 4.79 Å². The maximum atomic E-state index is 12.3. The molecular formula is C18H18ClNO3. The Labute approximate surface area is 140 Å². The van der Waals surface area contributed by atoms with Gasteiger partial charge < -0.3 is 14.4 Å². The van der Waals surface area contributed by atoms with Crippen molar-refractivity contribution in [2.24, 2.45) is 0 Å². The number of alkyl halides is 1. The molecule has 0 fully saturated rings. The van der Waals surface area contributed by atoms with Crippen molar-refractivity contribution in [2.45, 2.75) is 19.0 Å². The molecule has 0 N–H and O–H groups in total. The highest BCUT2D eigenvalue weighted by Crippen LogP contribution is 2.27. The average Bonchev–Trinajstić information content (AvgIpc) is 2.82. The van der Waals surface area contributed by atoms with E-state index in [1.807, 2.05) is 48.5 Å². The molecule has 1 aliphatic rings. The van der Waals surface area contributed by atoms with Gasteiger partial charge in [-0.3, -0.25) is 0 Å². The third-order valence-electron chi connectivity index (χ3n) is 3.81. The molecule has 0 atom stereocenters. The monoisotopic (exact) mass is 331 g/mol. The number of rotatable bonds is 3. The largest absolute Gasteiger partial charge is 0.491 e. The van der Waals surface area contributed by atoms with E-state index in [4.69, 9.17) is 21.1 Å². The molecule has 0 spiro atoms. The number of nitrogens with zero attached hydrogens (tertiary/aromatic N) is 1. The molecule has 23 heavy (non-hydrogen) atoms. The van der Waals surface area contributed by atoms with Crippen molar-refractivity contribution in [3.05, 3.63) is 65.2 Å². The van der Waals surface area contributed by atoms with Gasteiger partial charge in [0.1, 0.15) is 19.0 Å². The predicted molar refractivity (Wildman–Crippen MR) is 88.5 cm³/mol. The number of halogens is 1. The summed E-state index contributed by atoms with van der Waals surface area (Å²) in [5.74, 6) is 1.18. The fourth-order valence-electron chi connectivity index (χ4n) is 2.55. The fraction of sp³-hybridized carbons (Fsp3) is 0.278. The van der Waals surface area contributed by atoms with Gasteiger partial charge in [0.25, 0.3) is 0 Å². The maximum absolute atomic E-state index is 12.3. The van der Waals surface area contributed by atoms with Crippen LogP contribution in [-0.4, -0.2) is 24.1 Å². The van der Waals surface area contributed by atoms with Crippen LogP contribution < -0.4 is 4.74 Å². The first-order valence-electron chi connectivity index (χ1n) is 7.53. The van der Waals surface area contributed by atoms with Crippen molar-refractivity contribution in [3.8, 4) is 5.75 Å². The summed E-state index contributed by atoms with van der Waals surface area (Å²) in [5, 5.41) is 0. The molecule has 2 aromatic rings. The van der Waals surface area contributed by atoms with E-state index in [0.29, 0.717) is 25.6 Å². The second-order valence-electron chi connectivity index (χ2n) is 5.34. The minimum absolute atomic E-state index is 0.265. The standard InChI is InChI=1S/C18H18ClNO3/c19-11-15-7-4-8-17-16(15)12-20(9-10-22-17)18(21)23-13-14-5-2-1-3-6-14/h1-8H,9-13H2. The molecule has 4 nitrogen and oxygen atoms in total. The number of fused-ring (bicyclic) bond motifs is 1. The lowest BCUT2D eigenvalue weighted by Crippen LogP contribution is -2.33. The van der Waals surface area contributed by atoms with E-state index in [9.17, 15) is 4.79 Å². The van der Waals surface area contributed by atoms with Gasteiger partial charge in [0.15, 0.2) is 0 Å². The fourth-order valence-corrected chi connectivity index (χ4v) is 2.80. The van der Waals surface area contributed by atoms with Crippen LogP contribution in [0.25, 0.3) is 0 Å². The number of hydrogen-bond acceptors (Lipinski definition) is 3. The van der Waals surface area contributed by atoms with Gasteiger partial charge in [0.05, 0.1) is 13.1 Å². The summed E-state index contributed by atoms with van der Waals surface area (Å²) in [6.07, 6.45) is -0.338. The zero-order valence-electron chi connectivity index (χ0n) is 12.7. The van der Waals surface area contributed by atoms with Gasteiger partial charge in [-0.2, -0.15) is 0 Å².